The number of aliphatic imine (C=N–C) groups is 1. The lowest BCUT2D eigenvalue weighted by Crippen LogP contribution is -2.39. The van der Waals surface area contributed by atoms with E-state index in [-0.39, 0.29) is 69.3 Å². The Bertz CT molecular complexity index is 2640. The molecule has 5 aromatic rings. The molecule has 2 amide bonds. The van der Waals surface area contributed by atoms with Gasteiger partial charge >= 0.3 is 0 Å². The average molecular weight is 777 g/mol. The van der Waals surface area contributed by atoms with Crippen LogP contribution in [0.1, 0.15) is 43.0 Å². The number of ether oxygens (including phenoxy) is 4. The number of amides is 2. The molecule has 17 heteroatoms. The number of non-ortho nitro benzene ring substituents is 1. The molecule has 0 fully saturated rings. The summed E-state index contributed by atoms with van der Waals surface area (Å²) in [7, 11) is 29.1. The Morgan fingerprint density at radius 2 is 1.29 bits per heavy atom. The largest absolute Gasteiger partial charge is 0.499 e. The fourth-order valence-corrected chi connectivity index (χ4v) is 8.18. The van der Waals surface area contributed by atoms with E-state index in [9.17, 15) is 19.7 Å². The Balaban J connectivity index is 1.02. The summed E-state index contributed by atoms with van der Waals surface area (Å²) in [6.45, 7) is 0.448. The van der Waals surface area contributed by atoms with Gasteiger partial charge in [-0.1, -0.05) is 42.5 Å². The fraction of sp³-hybridized carbons (Fsp3) is 0.214. The first-order chi connectivity index (χ1) is 28.3. The van der Waals surface area contributed by atoms with E-state index in [4.69, 9.17) is 50.3 Å². The minimum absolute atomic E-state index is 0.000409. The van der Waals surface area contributed by atoms with Crippen molar-refractivity contribution in [1.29, 1.82) is 0 Å². The predicted molar refractivity (Wildman–Crippen MR) is 225 cm³/mol. The van der Waals surface area contributed by atoms with Gasteiger partial charge in [0.2, 0.25) is 0 Å². The molecule has 4 aliphatic rings. The average Bonchev–Trinajstić information content (AvgIpc) is 3.71. The van der Waals surface area contributed by atoms with E-state index in [2.05, 4.69) is 10.3 Å². The second kappa shape index (κ2) is 14.0. The number of nitro groups is 1. The van der Waals surface area contributed by atoms with Gasteiger partial charge in [0, 0.05) is 54.8 Å². The summed E-state index contributed by atoms with van der Waals surface area (Å²) in [6.07, 6.45) is 2.98. The van der Waals surface area contributed by atoms with Crippen molar-refractivity contribution in [2.45, 2.75) is 35.7 Å². The molecule has 8 radical (unpaired) electrons. The number of methoxy groups -OCH3 is 2. The van der Waals surface area contributed by atoms with Crippen molar-refractivity contribution in [3.63, 3.8) is 0 Å². The normalized spacial score (nSPS) is 17.6. The molecule has 0 bridgehead atoms. The molecule has 4 aliphatic heterocycles. The molecule has 284 valence electrons. The Morgan fingerprint density at radius 1 is 0.729 bits per heavy atom. The van der Waals surface area contributed by atoms with Crippen LogP contribution in [-0.4, -0.2) is 87.2 Å². The van der Waals surface area contributed by atoms with Crippen molar-refractivity contribution in [2.24, 2.45) is 4.99 Å². The molecule has 0 unspecified atom stereocenters. The molecule has 5 aromatic carbocycles. The molecule has 1 N–H and O–H groups in total. The number of fused-ring (bicyclic) bond motifs is 8. The van der Waals surface area contributed by atoms with Crippen LogP contribution in [0.15, 0.2) is 96.0 Å². The second-order valence-electron chi connectivity index (χ2n) is 14.8. The summed E-state index contributed by atoms with van der Waals surface area (Å²) in [4.78, 5) is 47.6. The van der Waals surface area contributed by atoms with Gasteiger partial charge in [-0.2, -0.15) is 0 Å². The summed E-state index contributed by atoms with van der Waals surface area (Å²) in [5.74, 6) is -0.227. The zero-order chi connectivity index (χ0) is 41.4. The van der Waals surface area contributed by atoms with Gasteiger partial charge in [0.05, 0.1) is 64.5 Å². The van der Waals surface area contributed by atoms with Crippen LogP contribution < -0.4 is 34.1 Å². The maximum absolute atomic E-state index is 14.0. The van der Waals surface area contributed by atoms with Crippen LogP contribution in [-0.2, 0) is 23.6 Å². The van der Waals surface area contributed by atoms with Crippen molar-refractivity contribution in [1.82, 2.24) is 0 Å². The number of carbonyl (C=O) groups excluding carboxylic acids is 2. The number of para-hydroxylation sites is 2. The molecule has 0 saturated carbocycles. The number of nitrogens with one attached hydrogen (secondary N) is 1. The van der Waals surface area contributed by atoms with Gasteiger partial charge in [0.15, 0.2) is 23.0 Å². The van der Waals surface area contributed by atoms with Crippen LogP contribution in [0.4, 0.5) is 28.4 Å². The van der Waals surface area contributed by atoms with Crippen LogP contribution in [0.25, 0.3) is 0 Å². The minimum atomic E-state index is -2.27. The quantitative estimate of drug-likeness (QED) is 0.125. The topological polar surface area (TPSA) is 145 Å². The molecular weight excluding hydrogens is 746 g/mol. The van der Waals surface area contributed by atoms with Crippen LogP contribution >= 0.6 is 0 Å². The van der Waals surface area contributed by atoms with Gasteiger partial charge in [-0.25, -0.2) is 0 Å². The number of carbonyl (C=O) groups is 2. The molecule has 0 aliphatic carbocycles. The molecule has 59 heavy (non-hydrogen) atoms. The summed E-state index contributed by atoms with van der Waals surface area (Å²) in [6, 6.07) is 24.6. The summed E-state index contributed by atoms with van der Waals surface area (Å²) in [5, 5.41) is 11.1. The molecule has 0 spiro atoms. The van der Waals surface area contributed by atoms with Crippen LogP contribution in [0.3, 0.4) is 0 Å². The molecule has 4 heterocycles. The Hall–Kier alpha value is -6.63. The maximum atomic E-state index is 14.0. The van der Waals surface area contributed by atoms with E-state index in [1.165, 1.54) is 38.5 Å². The standard InChI is InChI=1S/C42H31B4N5O8/c1-56-35-16-29-31(47-20-27-11-22-7-3-5-9-33(22)49(27)39(29)52)18-37(35)58-41(43,44)24-13-25(15-26(14-24)51(54)55)42(45,46)59-38-19-32-30(17-36(38)57-2)40(53)50-28(21-48-32)12-23-8-4-6-10-34(23)50/h3-10,13-20,27-28,48H,11-12,21H2,1-2H3/t27-,28-/m0/s1. The van der Waals surface area contributed by atoms with E-state index >= 15 is 0 Å². The maximum Gasteiger partial charge on any atom is 0.270 e. The Labute approximate surface area is 344 Å². The number of nitro benzene ring substituents is 1. The number of nitrogens with zero attached hydrogens (tertiary/aromatic N) is 4. The first-order valence-corrected chi connectivity index (χ1v) is 18.7. The lowest BCUT2D eigenvalue weighted by atomic mass is 9.57. The van der Waals surface area contributed by atoms with E-state index < -0.39 is 21.4 Å². The van der Waals surface area contributed by atoms with Gasteiger partial charge in [-0.15, -0.1) is 0 Å². The van der Waals surface area contributed by atoms with Crippen molar-refractivity contribution in [3.8, 4) is 23.0 Å². The first kappa shape index (κ1) is 37.9. The molecular formula is C42H31B4N5O8. The van der Waals surface area contributed by atoms with Gasteiger partial charge in [0.1, 0.15) is 31.4 Å². The third-order valence-corrected chi connectivity index (χ3v) is 11.1. The molecule has 0 aromatic heterocycles. The van der Waals surface area contributed by atoms with E-state index in [0.717, 1.165) is 34.6 Å². The first-order valence-electron chi connectivity index (χ1n) is 18.7. The highest BCUT2D eigenvalue weighted by Gasteiger charge is 2.40. The molecule has 9 rings (SSSR count). The highest BCUT2D eigenvalue weighted by molar-refractivity contribution is 6.40. The fourth-order valence-electron chi connectivity index (χ4n) is 8.18. The number of hydrogen-bond donors (Lipinski definition) is 1. The monoisotopic (exact) mass is 777 g/mol. The van der Waals surface area contributed by atoms with Gasteiger partial charge in [-0.05, 0) is 52.9 Å². The number of benzene rings is 5. The number of anilines is 3. The third-order valence-electron chi connectivity index (χ3n) is 11.1. The summed E-state index contributed by atoms with van der Waals surface area (Å²) < 4.78 is 23.5. The highest BCUT2D eigenvalue weighted by Crippen LogP contribution is 2.45. The summed E-state index contributed by atoms with van der Waals surface area (Å²) in [5.41, 5.74) is 4.39. The Kier molecular flexibility index (Phi) is 9.02. The lowest BCUT2D eigenvalue weighted by molar-refractivity contribution is -0.385. The van der Waals surface area contributed by atoms with E-state index in [1.807, 2.05) is 48.5 Å². The highest BCUT2D eigenvalue weighted by atomic mass is 16.6. The van der Waals surface area contributed by atoms with Crippen molar-refractivity contribution < 1.29 is 33.5 Å². The SMILES string of the molecule is [B]C([B])(Oc1cc2c(cc1OC)C(=O)N1c3ccccc3C[C@H]1C=N2)c1cc([N+](=O)[O-])cc(C([B])([B])Oc2cc3c(cc2OC)C(=O)N2c4ccccc4C[C@H]2CN3)c1. The zero-order valence-electron chi connectivity index (χ0n) is 31.9. The van der Waals surface area contributed by atoms with Crippen LogP contribution in [0.2, 0.25) is 0 Å². The van der Waals surface area contributed by atoms with Gasteiger partial charge < -0.3 is 29.2 Å². The van der Waals surface area contributed by atoms with E-state index in [1.54, 1.807) is 22.1 Å². The minimum Gasteiger partial charge on any atom is -0.499 e. The van der Waals surface area contributed by atoms with Crippen LogP contribution in [0.5, 0.6) is 23.0 Å². The zero-order valence-corrected chi connectivity index (χ0v) is 31.9. The third kappa shape index (κ3) is 6.45. The van der Waals surface area contributed by atoms with Gasteiger partial charge in [0.25, 0.3) is 17.5 Å². The molecule has 0 saturated heterocycles. The van der Waals surface area contributed by atoms with Gasteiger partial charge in [-0.3, -0.25) is 29.6 Å². The van der Waals surface area contributed by atoms with Crippen molar-refractivity contribution >= 4 is 77.9 Å². The second-order valence-corrected chi connectivity index (χ2v) is 14.8. The van der Waals surface area contributed by atoms with Crippen molar-refractivity contribution in [2.75, 3.05) is 35.9 Å². The van der Waals surface area contributed by atoms with E-state index in [0.29, 0.717) is 30.6 Å². The predicted octanol–water partition coefficient (Wildman–Crippen LogP) is 4.95. The molecule has 13 nitrogen and oxygen atoms in total. The number of rotatable bonds is 9. The summed E-state index contributed by atoms with van der Waals surface area (Å²) >= 11 is 0. The molecule has 2 atom stereocenters. The smallest absolute Gasteiger partial charge is 0.270 e. The van der Waals surface area contributed by atoms with Crippen LogP contribution in [0, 0.1) is 10.1 Å². The van der Waals surface area contributed by atoms with Crippen molar-refractivity contribution in [3.05, 3.63) is 134 Å². The Morgan fingerprint density at radius 3 is 1.92 bits per heavy atom. The lowest BCUT2D eigenvalue weighted by Gasteiger charge is -2.33. The number of hydrogen-bond acceptors (Lipinski definition) is 10.